The monoisotopic (exact) mass is 482 g/mol. The molecule has 4 aliphatic rings. The minimum atomic E-state index is -0.813. The third-order valence-corrected chi connectivity index (χ3v) is 9.72. The van der Waals surface area contributed by atoms with Crippen LogP contribution in [0.4, 0.5) is 0 Å². The maximum absolute atomic E-state index is 13.6. The molecule has 2 saturated carbocycles. The van der Waals surface area contributed by atoms with E-state index in [4.69, 9.17) is 0 Å². The van der Waals surface area contributed by atoms with E-state index in [-0.39, 0.29) is 11.8 Å². The lowest BCUT2D eigenvalue weighted by Crippen LogP contribution is -2.50. The molecule has 1 aromatic carbocycles. The predicted octanol–water partition coefficient (Wildman–Crippen LogP) is 5.45. The van der Waals surface area contributed by atoms with Crippen molar-refractivity contribution in [3.8, 4) is 5.75 Å². The van der Waals surface area contributed by atoms with Gasteiger partial charge in [0.1, 0.15) is 11.9 Å². The number of carbonyl (C=O) groups is 1. The molecule has 35 heavy (non-hydrogen) atoms. The van der Waals surface area contributed by atoms with Gasteiger partial charge in [-0.1, -0.05) is 50.7 Å². The lowest BCUT2D eigenvalue weighted by molar-refractivity contribution is -0.145. The number of phenolic OH excluding ortho intramolecular Hbond substituents is 1. The van der Waals surface area contributed by atoms with Crippen molar-refractivity contribution >= 4 is 5.91 Å². The molecule has 4 atom stereocenters. The molecule has 0 radical (unpaired) electrons. The summed E-state index contributed by atoms with van der Waals surface area (Å²) in [6, 6.07) is 8.96. The highest BCUT2D eigenvalue weighted by atomic mass is 16.3. The average Bonchev–Trinajstić information content (AvgIpc) is 3.13. The number of benzene rings is 1. The van der Waals surface area contributed by atoms with Gasteiger partial charge in [0, 0.05) is 31.7 Å². The Morgan fingerprint density at radius 3 is 2.26 bits per heavy atom. The predicted molar refractivity (Wildman–Crippen MR) is 139 cm³/mol. The van der Waals surface area contributed by atoms with Crippen LogP contribution in [0.15, 0.2) is 24.3 Å². The standard InChI is InChI=1S/C30H46N2O3/c33-28-13-7-12-24(20-28)25-18-26-14-15-27(19-25)32(26)17-16-31(21-22-8-3-1-4-9-22)30(35)29(34)23-10-5-2-6-11-23/h7,12-13,20,22-23,25-27,29,33-34H,1-6,8-11,14-19,21H2/t25-,26+,27-,29-/m1/s1. The lowest BCUT2D eigenvalue weighted by Gasteiger charge is -2.41. The highest BCUT2D eigenvalue weighted by molar-refractivity contribution is 5.81. The molecule has 2 N–H and O–H groups in total. The zero-order chi connectivity index (χ0) is 24.2. The fraction of sp³-hybridized carbons (Fsp3) is 0.767. The van der Waals surface area contributed by atoms with E-state index in [2.05, 4.69) is 15.9 Å². The molecule has 2 aliphatic carbocycles. The Hall–Kier alpha value is -1.59. The third-order valence-electron chi connectivity index (χ3n) is 9.72. The van der Waals surface area contributed by atoms with Gasteiger partial charge in [-0.15, -0.1) is 0 Å². The normalized spacial score (nSPS) is 29.2. The number of hydrogen-bond acceptors (Lipinski definition) is 4. The molecule has 4 fully saturated rings. The Morgan fingerprint density at radius 2 is 1.60 bits per heavy atom. The first-order chi connectivity index (χ1) is 17.1. The third kappa shape index (κ3) is 6.05. The van der Waals surface area contributed by atoms with Gasteiger partial charge in [0.2, 0.25) is 0 Å². The number of amides is 1. The van der Waals surface area contributed by atoms with Gasteiger partial charge < -0.3 is 15.1 Å². The molecule has 194 valence electrons. The van der Waals surface area contributed by atoms with Gasteiger partial charge in [-0.25, -0.2) is 0 Å². The zero-order valence-electron chi connectivity index (χ0n) is 21.5. The zero-order valence-corrected chi connectivity index (χ0v) is 21.5. The molecule has 2 saturated heterocycles. The molecule has 5 nitrogen and oxygen atoms in total. The second-order valence-electron chi connectivity index (χ2n) is 12.0. The van der Waals surface area contributed by atoms with Crippen LogP contribution in [0.2, 0.25) is 0 Å². The van der Waals surface area contributed by atoms with Gasteiger partial charge in [-0.05, 0) is 86.8 Å². The summed E-state index contributed by atoms with van der Waals surface area (Å²) in [5, 5.41) is 21.0. The largest absolute Gasteiger partial charge is 0.508 e. The highest BCUT2D eigenvalue weighted by Crippen LogP contribution is 2.43. The average molecular weight is 483 g/mol. The van der Waals surface area contributed by atoms with Crippen LogP contribution in [0.1, 0.15) is 101 Å². The van der Waals surface area contributed by atoms with Crippen LogP contribution >= 0.6 is 0 Å². The first-order valence-electron chi connectivity index (χ1n) is 14.6. The van der Waals surface area contributed by atoms with E-state index < -0.39 is 6.10 Å². The molecular weight excluding hydrogens is 436 g/mol. The summed E-state index contributed by atoms with van der Waals surface area (Å²) in [6.07, 6.45) is 15.8. The van der Waals surface area contributed by atoms with Crippen LogP contribution in [0, 0.1) is 11.8 Å². The van der Waals surface area contributed by atoms with E-state index in [0.29, 0.717) is 29.7 Å². The Balaban J connectivity index is 1.22. The number of phenols is 1. The van der Waals surface area contributed by atoms with E-state index in [1.54, 1.807) is 6.07 Å². The summed E-state index contributed by atoms with van der Waals surface area (Å²) in [6.45, 7) is 2.51. The number of aromatic hydroxyl groups is 1. The van der Waals surface area contributed by atoms with Crippen molar-refractivity contribution in [3.05, 3.63) is 29.8 Å². The van der Waals surface area contributed by atoms with Crippen molar-refractivity contribution in [2.24, 2.45) is 11.8 Å². The number of nitrogens with zero attached hydrogens (tertiary/aromatic N) is 2. The van der Waals surface area contributed by atoms with Crippen molar-refractivity contribution < 1.29 is 15.0 Å². The van der Waals surface area contributed by atoms with Crippen LogP contribution in [0.25, 0.3) is 0 Å². The first-order valence-corrected chi connectivity index (χ1v) is 14.6. The van der Waals surface area contributed by atoms with Crippen molar-refractivity contribution in [1.82, 2.24) is 9.80 Å². The van der Waals surface area contributed by atoms with Crippen LogP contribution < -0.4 is 0 Å². The number of carbonyl (C=O) groups excluding carboxylic acids is 1. The van der Waals surface area contributed by atoms with E-state index in [1.165, 1.54) is 56.9 Å². The fourth-order valence-electron chi connectivity index (χ4n) is 7.74. The van der Waals surface area contributed by atoms with E-state index in [1.807, 2.05) is 12.1 Å². The van der Waals surface area contributed by atoms with Crippen LogP contribution in [-0.4, -0.2) is 63.7 Å². The smallest absolute Gasteiger partial charge is 0.251 e. The molecule has 1 amide bonds. The first kappa shape index (κ1) is 25.1. The Morgan fingerprint density at radius 1 is 0.943 bits per heavy atom. The Bertz CT molecular complexity index is 819. The topological polar surface area (TPSA) is 64.0 Å². The molecule has 5 heteroatoms. The molecule has 2 bridgehead atoms. The molecule has 0 spiro atoms. The Kier molecular flexibility index (Phi) is 8.34. The summed E-state index contributed by atoms with van der Waals surface area (Å²) >= 11 is 0. The number of fused-ring (bicyclic) bond motifs is 2. The Labute approximate surface area is 211 Å². The van der Waals surface area contributed by atoms with Crippen molar-refractivity contribution in [2.75, 3.05) is 19.6 Å². The summed E-state index contributed by atoms with van der Waals surface area (Å²) in [5.41, 5.74) is 1.27. The second-order valence-corrected chi connectivity index (χ2v) is 12.0. The van der Waals surface area contributed by atoms with Gasteiger partial charge in [-0.2, -0.15) is 0 Å². The number of rotatable bonds is 8. The number of aliphatic hydroxyl groups is 1. The van der Waals surface area contributed by atoms with Gasteiger partial charge in [-0.3, -0.25) is 9.69 Å². The number of piperidine rings is 1. The minimum Gasteiger partial charge on any atom is -0.508 e. The summed E-state index contributed by atoms with van der Waals surface area (Å²) in [4.78, 5) is 18.3. The molecule has 2 aliphatic heterocycles. The van der Waals surface area contributed by atoms with Gasteiger partial charge >= 0.3 is 0 Å². The van der Waals surface area contributed by atoms with Crippen molar-refractivity contribution in [1.29, 1.82) is 0 Å². The molecule has 0 unspecified atom stereocenters. The van der Waals surface area contributed by atoms with E-state index >= 15 is 0 Å². The molecular formula is C30H46N2O3. The fourth-order valence-corrected chi connectivity index (χ4v) is 7.74. The SMILES string of the molecule is O=C([C@H](O)C1CCCCC1)N(CCN1[C@@H]2CC[C@H]1C[C@@H](c1cccc(O)c1)C2)CC1CCCCC1. The quantitative estimate of drug-likeness (QED) is 0.517. The van der Waals surface area contributed by atoms with Crippen molar-refractivity contribution in [2.45, 2.75) is 114 Å². The molecule has 0 aromatic heterocycles. The second kappa shape index (κ2) is 11.6. The molecule has 5 rings (SSSR count). The van der Waals surface area contributed by atoms with Crippen LogP contribution in [0.3, 0.4) is 0 Å². The van der Waals surface area contributed by atoms with E-state index in [9.17, 15) is 15.0 Å². The molecule has 1 aromatic rings. The van der Waals surface area contributed by atoms with Gasteiger partial charge in [0.05, 0.1) is 0 Å². The van der Waals surface area contributed by atoms with Gasteiger partial charge in [0.25, 0.3) is 5.91 Å². The summed E-state index contributed by atoms with van der Waals surface area (Å²) in [5.74, 6) is 1.64. The number of aliphatic hydroxyl groups excluding tert-OH is 1. The van der Waals surface area contributed by atoms with Crippen molar-refractivity contribution in [3.63, 3.8) is 0 Å². The van der Waals surface area contributed by atoms with Crippen LogP contribution in [-0.2, 0) is 4.79 Å². The van der Waals surface area contributed by atoms with Crippen LogP contribution in [0.5, 0.6) is 5.75 Å². The maximum atomic E-state index is 13.6. The highest BCUT2D eigenvalue weighted by Gasteiger charge is 2.41. The molecule has 2 heterocycles. The number of hydrogen-bond donors (Lipinski definition) is 2. The lowest BCUT2D eigenvalue weighted by atomic mass is 9.84. The van der Waals surface area contributed by atoms with E-state index in [0.717, 1.165) is 58.2 Å². The summed E-state index contributed by atoms with van der Waals surface area (Å²) in [7, 11) is 0. The van der Waals surface area contributed by atoms with Gasteiger partial charge in [0.15, 0.2) is 0 Å². The minimum absolute atomic E-state index is 0.00414. The summed E-state index contributed by atoms with van der Waals surface area (Å²) < 4.78 is 0. The maximum Gasteiger partial charge on any atom is 0.251 e.